The van der Waals surface area contributed by atoms with E-state index in [1.54, 1.807) is 0 Å². The van der Waals surface area contributed by atoms with Gasteiger partial charge in [0, 0.05) is 10.0 Å². The van der Waals surface area contributed by atoms with E-state index in [9.17, 15) is 9.59 Å². The van der Waals surface area contributed by atoms with Gasteiger partial charge in [-0.15, -0.1) is 0 Å². The summed E-state index contributed by atoms with van der Waals surface area (Å²) < 4.78 is 5.80. The molecule has 0 saturated carbocycles. The zero-order valence-corrected chi connectivity index (χ0v) is 11.1. The minimum absolute atomic E-state index is 0.131. The monoisotopic (exact) mass is 296 g/mol. The maximum atomic E-state index is 12.1. The molecule has 0 fully saturated rings. The number of ether oxygens (including phenoxy) is 1. The zero-order chi connectivity index (χ0) is 12.4. The second kappa shape index (κ2) is 5.00. The average molecular weight is 297 g/mol. The quantitative estimate of drug-likeness (QED) is 0.636. The summed E-state index contributed by atoms with van der Waals surface area (Å²) in [5.74, 6) is -1.19. The third-order valence-electron chi connectivity index (χ3n) is 2.82. The molecule has 1 unspecified atom stereocenters. The predicted octanol–water partition coefficient (Wildman–Crippen LogP) is 2.76. The standard InChI is InChI=1S/C13H13BrO3/c1-2-6-17-13(16)9-7-8-4-3-5-10(14)11(8)12(9)15/h3-5,9H,2,6-7H2,1H3. The molecule has 0 heterocycles. The van der Waals surface area contributed by atoms with E-state index in [1.165, 1.54) is 0 Å². The topological polar surface area (TPSA) is 43.4 Å². The molecule has 3 nitrogen and oxygen atoms in total. The molecular weight excluding hydrogens is 284 g/mol. The lowest BCUT2D eigenvalue weighted by Crippen LogP contribution is -2.23. The molecule has 1 aromatic rings. The maximum Gasteiger partial charge on any atom is 0.317 e. The van der Waals surface area contributed by atoms with Gasteiger partial charge in [0.1, 0.15) is 5.92 Å². The van der Waals surface area contributed by atoms with Gasteiger partial charge in [0.05, 0.1) is 6.61 Å². The first-order chi connectivity index (χ1) is 8.15. The molecule has 0 aromatic heterocycles. The number of benzene rings is 1. The van der Waals surface area contributed by atoms with E-state index in [1.807, 2.05) is 25.1 Å². The highest BCUT2D eigenvalue weighted by Crippen LogP contribution is 2.32. The summed E-state index contributed by atoms with van der Waals surface area (Å²) in [5, 5.41) is 0. The van der Waals surface area contributed by atoms with Crippen molar-refractivity contribution in [1.29, 1.82) is 0 Å². The van der Waals surface area contributed by atoms with Crippen LogP contribution in [0.2, 0.25) is 0 Å². The number of carbonyl (C=O) groups is 2. The lowest BCUT2D eigenvalue weighted by Gasteiger charge is -2.07. The van der Waals surface area contributed by atoms with Gasteiger partial charge in [0.2, 0.25) is 0 Å². The lowest BCUT2D eigenvalue weighted by atomic mass is 10.1. The van der Waals surface area contributed by atoms with Crippen LogP contribution >= 0.6 is 15.9 Å². The molecule has 4 heteroatoms. The Morgan fingerprint density at radius 3 is 2.94 bits per heavy atom. The Morgan fingerprint density at radius 1 is 1.53 bits per heavy atom. The first-order valence-electron chi connectivity index (χ1n) is 5.63. The van der Waals surface area contributed by atoms with E-state index < -0.39 is 11.9 Å². The molecule has 0 aliphatic heterocycles. The van der Waals surface area contributed by atoms with Gasteiger partial charge in [0.15, 0.2) is 5.78 Å². The molecule has 17 heavy (non-hydrogen) atoms. The number of carbonyl (C=O) groups excluding carboxylic acids is 2. The summed E-state index contributed by atoms with van der Waals surface area (Å²) in [4.78, 5) is 23.8. The number of hydrogen-bond donors (Lipinski definition) is 0. The molecule has 1 aromatic carbocycles. The Balaban J connectivity index is 2.20. The van der Waals surface area contributed by atoms with Gasteiger partial charge in [-0.25, -0.2) is 0 Å². The van der Waals surface area contributed by atoms with Crippen LogP contribution in [0.25, 0.3) is 0 Å². The van der Waals surface area contributed by atoms with Crippen LogP contribution in [0.15, 0.2) is 22.7 Å². The Kier molecular flexibility index (Phi) is 3.62. The molecule has 0 radical (unpaired) electrons. The van der Waals surface area contributed by atoms with Crippen LogP contribution in [-0.2, 0) is 16.0 Å². The fourth-order valence-corrected chi connectivity index (χ4v) is 2.60. The second-order valence-electron chi connectivity index (χ2n) is 4.06. The van der Waals surface area contributed by atoms with Gasteiger partial charge in [-0.05, 0) is 24.5 Å². The SMILES string of the molecule is CCCOC(=O)C1Cc2cccc(Br)c2C1=O. The van der Waals surface area contributed by atoms with Crippen LogP contribution in [-0.4, -0.2) is 18.4 Å². The number of esters is 1. The highest BCUT2D eigenvalue weighted by Gasteiger charge is 2.37. The van der Waals surface area contributed by atoms with Crippen molar-refractivity contribution in [3.8, 4) is 0 Å². The zero-order valence-electron chi connectivity index (χ0n) is 9.53. The fraction of sp³-hybridized carbons (Fsp3) is 0.385. The molecular formula is C13H13BrO3. The first-order valence-corrected chi connectivity index (χ1v) is 6.42. The largest absolute Gasteiger partial charge is 0.465 e. The van der Waals surface area contributed by atoms with Crippen molar-refractivity contribution in [3.05, 3.63) is 33.8 Å². The number of hydrogen-bond acceptors (Lipinski definition) is 3. The minimum atomic E-state index is -0.657. The van der Waals surface area contributed by atoms with Crippen molar-refractivity contribution >= 4 is 27.7 Å². The Bertz CT molecular complexity index is 468. The van der Waals surface area contributed by atoms with E-state index in [-0.39, 0.29) is 5.78 Å². The molecule has 0 amide bonds. The van der Waals surface area contributed by atoms with Gasteiger partial charge in [-0.2, -0.15) is 0 Å². The molecule has 2 rings (SSSR count). The van der Waals surface area contributed by atoms with Crippen LogP contribution in [0.4, 0.5) is 0 Å². The van der Waals surface area contributed by atoms with Gasteiger partial charge in [-0.1, -0.05) is 35.0 Å². The molecule has 0 bridgehead atoms. The number of Topliss-reactive ketones (excluding diaryl/α,β-unsaturated/α-hetero) is 1. The summed E-state index contributed by atoms with van der Waals surface area (Å²) in [6.45, 7) is 2.30. The van der Waals surface area contributed by atoms with Gasteiger partial charge in [-0.3, -0.25) is 9.59 Å². The molecule has 1 atom stereocenters. The van der Waals surface area contributed by atoms with Crippen LogP contribution in [0.1, 0.15) is 29.3 Å². The van der Waals surface area contributed by atoms with Gasteiger partial charge < -0.3 is 4.74 Å². The number of rotatable bonds is 3. The van der Waals surface area contributed by atoms with E-state index in [0.29, 0.717) is 18.6 Å². The van der Waals surface area contributed by atoms with Crippen LogP contribution < -0.4 is 0 Å². The van der Waals surface area contributed by atoms with Crippen molar-refractivity contribution in [2.45, 2.75) is 19.8 Å². The smallest absolute Gasteiger partial charge is 0.317 e. The summed E-state index contributed by atoms with van der Waals surface area (Å²) in [6, 6.07) is 5.57. The molecule has 90 valence electrons. The maximum absolute atomic E-state index is 12.1. The molecule has 1 aliphatic rings. The minimum Gasteiger partial charge on any atom is -0.465 e. The first kappa shape index (κ1) is 12.3. The number of ketones is 1. The van der Waals surface area contributed by atoms with Crippen molar-refractivity contribution in [2.75, 3.05) is 6.61 Å². The summed E-state index contributed by atoms with van der Waals surface area (Å²) in [6.07, 6.45) is 1.22. The molecule has 1 aliphatic carbocycles. The van der Waals surface area contributed by atoms with E-state index in [4.69, 9.17) is 4.74 Å². The third kappa shape index (κ3) is 2.27. The number of halogens is 1. The second-order valence-corrected chi connectivity index (χ2v) is 4.92. The summed E-state index contributed by atoms with van der Waals surface area (Å²) >= 11 is 3.34. The fourth-order valence-electron chi connectivity index (χ4n) is 2.00. The highest BCUT2D eigenvalue weighted by atomic mass is 79.9. The van der Waals surface area contributed by atoms with Crippen molar-refractivity contribution in [2.24, 2.45) is 5.92 Å². The Morgan fingerprint density at radius 2 is 2.29 bits per heavy atom. The highest BCUT2D eigenvalue weighted by molar-refractivity contribution is 9.10. The van der Waals surface area contributed by atoms with Gasteiger partial charge >= 0.3 is 5.97 Å². The van der Waals surface area contributed by atoms with Crippen LogP contribution in [0.3, 0.4) is 0 Å². The van der Waals surface area contributed by atoms with Crippen LogP contribution in [0.5, 0.6) is 0 Å². The van der Waals surface area contributed by atoms with E-state index >= 15 is 0 Å². The van der Waals surface area contributed by atoms with Crippen molar-refractivity contribution in [3.63, 3.8) is 0 Å². The predicted molar refractivity (Wildman–Crippen MR) is 66.9 cm³/mol. The van der Waals surface area contributed by atoms with E-state index in [2.05, 4.69) is 15.9 Å². The molecule has 0 saturated heterocycles. The van der Waals surface area contributed by atoms with Gasteiger partial charge in [0.25, 0.3) is 0 Å². The molecule has 0 N–H and O–H groups in total. The average Bonchev–Trinajstić information content (AvgIpc) is 2.65. The van der Waals surface area contributed by atoms with Crippen molar-refractivity contribution in [1.82, 2.24) is 0 Å². The van der Waals surface area contributed by atoms with Crippen molar-refractivity contribution < 1.29 is 14.3 Å². The Labute approximate surface area is 108 Å². The molecule has 0 spiro atoms. The third-order valence-corrected chi connectivity index (χ3v) is 3.48. The van der Waals surface area contributed by atoms with E-state index in [0.717, 1.165) is 16.5 Å². The summed E-state index contributed by atoms with van der Waals surface area (Å²) in [7, 11) is 0. The Hall–Kier alpha value is -1.16. The number of fused-ring (bicyclic) bond motifs is 1. The lowest BCUT2D eigenvalue weighted by molar-refractivity contribution is -0.146. The van der Waals surface area contributed by atoms with Crippen LogP contribution in [0, 0.1) is 5.92 Å². The summed E-state index contributed by atoms with van der Waals surface area (Å²) in [5.41, 5.74) is 1.55. The normalized spacial score (nSPS) is 18.0.